The Balaban J connectivity index is 1.69. The molecule has 1 unspecified atom stereocenters. The fourth-order valence-corrected chi connectivity index (χ4v) is 6.78. The number of para-hydroxylation sites is 1. The number of aliphatic hydroxyl groups is 1. The van der Waals surface area contributed by atoms with Crippen LogP contribution in [-0.2, 0) is 10.0 Å². The maximum absolute atomic E-state index is 14.5. The first-order valence-electron chi connectivity index (χ1n) is 14.5. The van der Waals surface area contributed by atoms with Crippen molar-refractivity contribution in [3.63, 3.8) is 0 Å². The predicted molar refractivity (Wildman–Crippen MR) is 174 cm³/mol. The van der Waals surface area contributed by atoms with Crippen LogP contribution in [0, 0.1) is 11.6 Å². The highest BCUT2D eigenvalue weighted by atomic mass is 32.2. The van der Waals surface area contributed by atoms with Crippen molar-refractivity contribution in [2.24, 2.45) is 0 Å². The average molecular weight is 680 g/mol. The minimum Gasteiger partial charge on any atom is -0.496 e. The van der Waals surface area contributed by atoms with E-state index in [-0.39, 0.29) is 56.1 Å². The summed E-state index contributed by atoms with van der Waals surface area (Å²) in [5.74, 6) is -1.30. The van der Waals surface area contributed by atoms with E-state index in [0.29, 0.717) is 16.9 Å². The van der Waals surface area contributed by atoms with E-state index in [0.717, 1.165) is 10.6 Å². The molecule has 0 aliphatic heterocycles. The molecule has 2 aromatic heterocycles. The van der Waals surface area contributed by atoms with Crippen LogP contribution in [0.2, 0.25) is 0 Å². The number of nitrogens with zero attached hydrogens (tertiary/aromatic N) is 2. The summed E-state index contributed by atoms with van der Waals surface area (Å²) in [5, 5.41) is 12.9. The van der Waals surface area contributed by atoms with Crippen molar-refractivity contribution in [3.05, 3.63) is 90.0 Å². The molecule has 6 aromatic rings. The standard InChI is InChI=1S/C34H28F3N3O7S/c1-38-33(42)30-23-14-22(19-9-12-27(45-2)24(13-19)34-39-31-25(37)5-4-6-28(31)47-34)26(40(48(3,43)44)21(16-35)17-41)15-29(23)46-32(30)18-7-10-20(36)11-8-18/h4-15,21,41H,16-17H2,1-3H3,(H,38,42). The summed E-state index contributed by atoms with van der Waals surface area (Å²) in [6.45, 7) is -2.09. The number of methoxy groups -OCH3 is 1. The minimum absolute atomic E-state index is 0.00125. The molecule has 1 atom stereocenters. The van der Waals surface area contributed by atoms with E-state index in [9.17, 15) is 31.5 Å². The van der Waals surface area contributed by atoms with Crippen LogP contribution in [0.5, 0.6) is 5.75 Å². The molecule has 248 valence electrons. The van der Waals surface area contributed by atoms with Gasteiger partial charge in [-0.25, -0.2) is 26.6 Å². The molecule has 0 spiro atoms. The van der Waals surface area contributed by atoms with Crippen LogP contribution in [0.1, 0.15) is 10.4 Å². The van der Waals surface area contributed by atoms with E-state index in [1.165, 1.54) is 62.7 Å². The number of nitrogens with one attached hydrogen (secondary N) is 1. The number of sulfonamides is 1. The highest BCUT2D eigenvalue weighted by Gasteiger charge is 2.32. The Hall–Kier alpha value is -5.34. The molecule has 10 nitrogen and oxygen atoms in total. The van der Waals surface area contributed by atoms with Gasteiger partial charge in [0.15, 0.2) is 11.4 Å². The molecule has 2 N–H and O–H groups in total. The van der Waals surface area contributed by atoms with Crippen molar-refractivity contribution >= 4 is 43.7 Å². The molecule has 1 amide bonds. The van der Waals surface area contributed by atoms with E-state index >= 15 is 0 Å². The number of aliphatic hydroxyl groups excluding tert-OH is 1. The third-order valence-corrected chi connectivity index (χ3v) is 9.00. The largest absolute Gasteiger partial charge is 0.496 e. The van der Waals surface area contributed by atoms with Crippen LogP contribution in [0.25, 0.3) is 56.0 Å². The van der Waals surface area contributed by atoms with Crippen LogP contribution in [0.4, 0.5) is 18.9 Å². The Morgan fingerprint density at radius 1 is 1.00 bits per heavy atom. The molecular weight excluding hydrogens is 651 g/mol. The van der Waals surface area contributed by atoms with Gasteiger partial charge in [0.25, 0.3) is 5.91 Å². The number of rotatable bonds is 10. The highest BCUT2D eigenvalue weighted by molar-refractivity contribution is 7.92. The van der Waals surface area contributed by atoms with Gasteiger partial charge in [0.2, 0.25) is 15.9 Å². The lowest BCUT2D eigenvalue weighted by molar-refractivity contribution is 0.0964. The van der Waals surface area contributed by atoms with E-state index in [4.69, 9.17) is 13.6 Å². The summed E-state index contributed by atoms with van der Waals surface area (Å²) < 4.78 is 87.4. The first kappa shape index (κ1) is 32.6. The maximum atomic E-state index is 14.5. The third kappa shape index (κ3) is 5.73. The highest BCUT2D eigenvalue weighted by Crippen LogP contribution is 2.44. The number of benzene rings is 4. The van der Waals surface area contributed by atoms with Crippen LogP contribution in [-0.4, -0.2) is 64.2 Å². The number of fused-ring (bicyclic) bond motifs is 2. The fourth-order valence-electron chi connectivity index (χ4n) is 5.61. The molecule has 0 fully saturated rings. The topological polar surface area (TPSA) is 135 Å². The van der Waals surface area contributed by atoms with Crippen molar-refractivity contribution < 1.29 is 45.1 Å². The molecule has 0 radical (unpaired) electrons. The van der Waals surface area contributed by atoms with Crippen molar-refractivity contribution in [1.82, 2.24) is 10.3 Å². The van der Waals surface area contributed by atoms with Gasteiger partial charge >= 0.3 is 0 Å². The van der Waals surface area contributed by atoms with Gasteiger partial charge in [0.05, 0.1) is 42.8 Å². The summed E-state index contributed by atoms with van der Waals surface area (Å²) in [4.78, 5) is 17.6. The summed E-state index contributed by atoms with van der Waals surface area (Å²) in [6.07, 6.45) is 0.869. The van der Waals surface area contributed by atoms with Crippen LogP contribution >= 0.6 is 0 Å². The number of furan rings is 1. The van der Waals surface area contributed by atoms with Gasteiger partial charge in [0.1, 0.15) is 35.1 Å². The number of carbonyl (C=O) groups is 1. The molecule has 2 heterocycles. The lowest BCUT2D eigenvalue weighted by atomic mass is 9.96. The number of halogens is 3. The summed E-state index contributed by atoms with van der Waals surface area (Å²) >= 11 is 0. The molecule has 0 bridgehead atoms. The number of alkyl halides is 1. The zero-order valence-corrected chi connectivity index (χ0v) is 26.6. The second kappa shape index (κ2) is 12.7. The first-order chi connectivity index (χ1) is 23.0. The van der Waals surface area contributed by atoms with Gasteiger partial charge in [-0.1, -0.05) is 12.1 Å². The zero-order valence-electron chi connectivity index (χ0n) is 25.8. The van der Waals surface area contributed by atoms with E-state index in [1.807, 2.05) is 0 Å². The fraction of sp³-hybridized carbons (Fsp3) is 0.176. The first-order valence-corrected chi connectivity index (χ1v) is 16.3. The molecule has 0 aliphatic rings. The normalized spacial score (nSPS) is 12.4. The third-order valence-electron chi connectivity index (χ3n) is 7.79. The number of hydrogen-bond donors (Lipinski definition) is 2. The number of anilines is 1. The van der Waals surface area contributed by atoms with Gasteiger partial charge in [-0.2, -0.15) is 0 Å². The Kier molecular flexibility index (Phi) is 8.62. The number of oxazole rings is 1. The quantitative estimate of drug-likeness (QED) is 0.172. The monoisotopic (exact) mass is 679 g/mol. The summed E-state index contributed by atoms with van der Waals surface area (Å²) in [7, 11) is -1.41. The number of hydrogen-bond acceptors (Lipinski definition) is 8. The Morgan fingerprint density at radius 3 is 2.35 bits per heavy atom. The average Bonchev–Trinajstić information content (AvgIpc) is 3.68. The van der Waals surface area contributed by atoms with Gasteiger partial charge in [-0.05, 0) is 60.2 Å². The molecular formula is C34H28F3N3O7S. The second-order valence-corrected chi connectivity index (χ2v) is 12.7. The molecule has 0 aliphatic carbocycles. The number of aromatic nitrogens is 1. The second-order valence-electron chi connectivity index (χ2n) is 10.8. The predicted octanol–water partition coefficient (Wildman–Crippen LogP) is 6.32. The molecule has 48 heavy (non-hydrogen) atoms. The van der Waals surface area contributed by atoms with Crippen molar-refractivity contribution in [3.8, 4) is 39.7 Å². The van der Waals surface area contributed by atoms with Gasteiger partial charge in [-0.3, -0.25) is 9.10 Å². The van der Waals surface area contributed by atoms with Crippen molar-refractivity contribution in [2.45, 2.75) is 6.04 Å². The van der Waals surface area contributed by atoms with E-state index in [1.54, 1.807) is 24.3 Å². The smallest absolute Gasteiger partial charge is 0.255 e. The van der Waals surface area contributed by atoms with Crippen molar-refractivity contribution in [1.29, 1.82) is 0 Å². The number of carbonyl (C=O) groups excluding carboxylic acids is 1. The molecule has 14 heteroatoms. The lowest BCUT2D eigenvalue weighted by Gasteiger charge is -2.30. The Labute approximate surface area is 272 Å². The molecule has 0 saturated heterocycles. The van der Waals surface area contributed by atoms with Gasteiger partial charge in [-0.15, -0.1) is 0 Å². The van der Waals surface area contributed by atoms with Crippen molar-refractivity contribution in [2.75, 3.05) is 38.0 Å². The van der Waals surface area contributed by atoms with Gasteiger partial charge in [0, 0.05) is 29.6 Å². The van der Waals surface area contributed by atoms with Crippen LogP contribution in [0.3, 0.4) is 0 Å². The zero-order chi connectivity index (χ0) is 34.3. The molecule has 0 saturated carbocycles. The minimum atomic E-state index is -4.25. The van der Waals surface area contributed by atoms with E-state index < -0.39 is 46.9 Å². The van der Waals surface area contributed by atoms with Gasteiger partial charge < -0.3 is 24.0 Å². The lowest BCUT2D eigenvalue weighted by Crippen LogP contribution is -2.43. The Bertz CT molecular complexity index is 2280. The SMILES string of the molecule is CNC(=O)c1c(-c2ccc(F)cc2)oc2cc(N(C(CO)CF)S(C)(=O)=O)c(-c3ccc(OC)c(-c4nc5c(F)cccc5o4)c3)cc12. The number of ether oxygens (including phenoxy) is 1. The van der Waals surface area contributed by atoms with Crippen LogP contribution in [0.15, 0.2) is 81.6 Å². The van der Waals surface area contributed by atoms with Crippen LogP contribution < -0.4 is 14.4 Å². The van der Waals surface area contributed by atoms with E-state index in [2.05, 4.69) is 10.3 Å². The Morgan fingerprint density at radius 2 is 1.73 bits per heavy atom. The maximum Gasteiger partial charge on any atom is 0.255 e. The summed E-state index contributed by atoms with van der Waals surface area (Å²) in [5.41, 5.74) is 1.37. The summed E-state index contributed by atoms with van der Waals surface area (Å²) in [6, 6.07) is 15.6. The number of amides is 1. The molecule has 4 aromatic carbocycles. The molecule has 6 rings (SSSR count).